The maximum absolute atomic E-state index is 13.1. The van der Waals surface area contributed by atoms with Gasteiger partial charge in [0.1, 0.15) is 18.2 Å². The first-order valence-corrected chi connectivity index (χ1v) is 6.79. The Morgan fingerprint density at radius 3 is 2.94 bits per heavy atom. The number of ether oxygens (including phenoxy) is 1. The summed E-state index contributed by atoms with van der Waals surface area (Å²) in [7, 11) is 0. The average Bonchev–Trinajstić information content (AvgIpc) is 2.40. The molecule has 0 atom stereocenters. The van der Waals surface area contributed by atoms with Crippen molar-refractivity contribution in [3.63, 3.8) is 0 Å². The van der Waals surface area contributed by atoms with Crippen LogP contribution in [0.4, 0.5) is 4.39 Å². The summed E-state index contributed by atoms with van der Waals surface area (Å²) in [6, 6.07) is 8.40. The molecule has 0 aliphatic rings. The van der Waals surface area contributed by atoms with Gasteiger partial charge in [-0.3, -0.25) is 4.98 Å². The molecule has 0 amide bonds. The third-order valence-electron chi connectivity index (χ3n) is 2.60. The molecule has 94 valence electrons. The van der Waals surface area contributed by atoms with E-state index in [1.807, 2.05) is 12.1 Å². The lowest BCUT2D eigenvalue weighted by Gasteiger charge is -2.10. The first kappa shape index (κ1) is 13.3. The predicted octanol–water partition coefficient (Wildman–Crippen LogP) is 3.97. The Labute approximate surface area is 119 Å². The molecule has 0 saturated heterocycles. The normalized spacial score (nSPS) is 10.4. The maximum atomic E-state index is 13.1. The molecule has 0 N–H and O–H groups in total. The minimum atomic E-state index is -0.285. The molecule has 0 fully saturated rings. The third kappa shape index (κ3) is 3.19. The minimum Gasteiger partial charge on any atom is -0.488 e. The van der Waals surface area contributed by atoms with Gasteiger partial charge in [0.05, 0.1) is 3.57 Å². The Balaban J connectivity index is 2.14. The lowest BCUT2D eigenvalue weighted by Crippen LogP contribution is -2.02. The first-order chi connectivity index (χ1) is 8.70. The van der Waals surface area contributed by atoms with Crippen molar-refractivity contribution in [3.05, 3.63) is 57.2 Å². The van der Waals surface area contributed by atoms with Crippen LogP contribution in [0.3, 0.4) is 0 Å². The molecule has 0 spiro atoms. The average molecular weight is 357 g/mol. The number of aromatic nitrogens is 1. The number of hydrogen-bond acceptors (Lipinski definition) is 2. The lowest BCUT2D eigenvalue weighted by molar-refractivity contribution is 0.300. The van der Waals surface area contributed by atoms with Crippen molar-refractivity contribution in [2.75, 3.05) is 0 Å². The number of halogens is 2. The second kappa shape index (κ2) is 6.13. The summed E-state index contributed by atoms with van der Waals surface area (Å²) in [6.07, 6.45) is 2.63. The molecule has 0 aliphatic carbocycles. The first-order valence-electron chi connectivity index (χ1n) is 5.71. The minimum absolute atomic E-state index is 0.285. The highest BCUT2D eigenvalue weighted by Crippen LogP contribution is 2.23. The molecule has 4 heteroatoms. The van der Waals surface area contributed by atoms with Gasteiger partial charge in [-0.05, 0) is 47.2 Å². The van der Waals surface area contributed by atoms with Crippen molar-refractivity contribution < 1.29 is 9.13 Å². The summed E-state index contributed by atoms with van der Waals surface area (Å²) in [5, 5.41) is 0. The molecule has 2 nitrogen and oxygen atoms in total. The smallest absolute Gasteiger partial charge is 0.136 e. The van der Waals surface area contributed by atoms with Crippen molar-refractivity contribution >= 4 is 22.6 Å². The Morgan fingerprint density at radius 2 is 2.17 bits per heavy atom. The Bertz CT molecular complexity index is 545. The zero-order valence-electron chi connectivity index (χ0n) is 9.99. The molecular weight excluding hydrogens is 344 g/mol. The van der Waals surface area contributed by atoms with Crippen LogP contribution in [-0.4, -0.2) is 4.98 Å². The second-order valence-corrected chi connectivity index (χ2v) is 4.99. The van der Waals surface area contributed by atoms with E-state index in [0.717, 1.165) is 21.2 Å². The van der Waals surface area contributed by atoms with E-state index in [9.17, 15) is 4.39 Å². The number of hydrogen-bond donors (Lipinski definition) is 0. The van der Waals surface area contributed by atoms with Crippen LogP contribution in [0.1, 0.15) is 18.2 Å². The Hall–Kier alpha value is -1.17. The van der Waals surface area contributed by atoms with Crippen LogP contribution in [0, 0.1) is 9.39 Å². The van der Waals surface area contributed by atoms with Crippen molar-refractivity contribution in [2.24, 2.45) is 0 Å². The summed E-state index contributed by atoms with van der Waals surface area (Å²) in [5.74, 6) is 0.286. The molecular formula is C14H13FINO. The van der Waals surface area contributed by atoms with Crippen molar-refractivity contribution in [2.45, 2.75) is 20.0 Å². The summed E-state index contributed by atoms with van der Waals surface area (Å²) < 4.78 is 19.7. The molecule has 0 unspecified atom stereocenters. The van der Waals surface area contributed by atoms with Gasteiger partial charge in [-0.15, -0.1) is 0 Å². The topological polar surface area (TPSA) is 22.1 Å². The van der Waals surface area contributed by atoms with Crippen LogP contribution < -0.4 is 4.74 Å². The highest BCUT2D eigenvalue weighted by molar-refractivity contribution is 14.1. The SMILES string of the molecule is CCc1ncccc1COc1cc(F)ccc1I. The number of benzene rings is 1. The van der Waals surface area contributed by atoms with E-state index < -0.39 is 0 Å². The second-order valence-electron chi connectivity index (χ2n) is 3.83. The fourth-order valence-corrected chi connectivity index (χ4v) is 2.16. The molecule has 0 aliphatic heterocycles. The van der Waals surface area contributed by atoms with Crippen LogP contribution in [0.25, 0.3) is 0 Å². The van der Waals surface area contributed by atoms with E-state index in [1.54, 1.807) is 12.3 Å². The van der Waals surface area contributed by atoms with Crippen LogP contribution in [0.2, 0.25) is 0 Å². The number of rotatable bonds is 4. The highest BCUT2D eigenvalue weighted by atomic mass is 127. The van der Waals surface area contributed by atoms with Gasteiger partial charge in [-0.25, -0.2) is 4.39 Å². The summed E-state index contributed by atoms with van der Waals surface area (Å²) >= 11 is 2.13. The van der Waals surface area contributed by atoms with E-state index in [0.29, 0.717) is 12.4 Å². The van der Waals surface area contributed by atoms with Gasteiger partial charge in [-0.1, -0.05) is 13.0 Å². The van der Waals surface area contributed by atoms with Crippen molar-refractivity contribution in [1.29, 1.82) is 0 Å². The number of nitrogens with zero attached hydrogens (tertiary/aromatic N) is 1. The predicted molar refractivity (Wildman–Crippen MR) is 77.1 cm³/mol. The molecule has 0 bridgehead atoms. The van der Waals surface area contributed by atoms with Crippen molar-refractivity contribution in [3.8, 4) is 5.75 Å². The Morgan fingerprint density at radius 1 is 1.33 bits per heavy atom. The van der Waals surface area contributed by atoms with Gasteiger partial charge in [0.15, 0.2) is 0 Å². The van der Waals surface area contributed by atoms with E-state index in [2.05, 4.69) is 34.5 Å². The molecule has 0 radical (unpaired) electrons. The maximum Gasteiger partial charge on any atom is 0.136 e. The summed E-state index contributed by atoms with van der Waals surface area (Å²) in [4.78, 5) is 4.29. The number of pyridine rings is 1. The van der Waals surface area contributed by atoms with Gasteiger partial charge in [0, 0.05) is 23.5 Å². The zero-order chi connectivity index (χ0) is 13.0. The van der Waals surface area contributed by atoms with E-state index in [4.69, 9.17) is 4.74 Å². The van der Waals surface area contributed by atoms with E-state index in [-0.39, 0.29) is 5.82 Å². The summed E-state index contributed by atoms with van der Waals surface area (Å²) in [5.41, 5.74) is 2.06. The van der Waals surface area contributed by atoms with Crippen LogP contribution in [-0.2, 0) is 13.0 Å². The van der Waals surface area contributed by atoms with Crippen LogP contribution in [0.15, 0.2) is 36.5 Å². The van der Waals surface area contributed by atoms with Crippen molar-refractivity contribution in [1.82, 2.24) is 4.98 Å². The fourth-order valence-electron chi connectivity index (χ4n) is 1.66. The molecule has 0 saturated carbocycles. The van der Waals surface area contributed by atoms with E-state index in [1.165, 1.54) is 12.1 Å². The lowest BCUT2D eigenvalue weighted by atomic mass is 10.1. The van der Waals surface area contributed by atoms with Gasteiger partial charge in [-0.2, -0.15) is 0 Å². The molecule has 18 heavy (non-hydrogen) atoms. The standard InChI is InChI=1S/C14H13FINO/c1-2-13-10(4-3-7-17-13)9-18-14-8-11(15)5-6-12(14)16/h3-8H,2,9H2,1H3. The molecule has 2 rings (SSSR count). The van der Waals surface area contributed by atoms with Crippen LogP contribution in [0.5, 0.6) is 5.75 Å². The van der Waals surface area contributed by atoms with Gasteiger partial charge >= 0.3 is 0 Å². The monoisotopic (exact) mass is 357 g/mol. The highest BCUT2D eigenvalue weighted by Gasteiger charge is 2.06. The van der Waals surface area contributed by atoms with Gasteiger partial charge in [0.2, 0.25) is 0 Å². The quantitative estimate of drug-likeness (QED) is 0.773. The molecule has 1 aromatic carbocycles. The molecule has 2 aromatic rings. The third-order valence-corrected chi connectivity index (χ3v) is 3.49. The van der Waals surface area contributed by atoms with E-state index >= 15 is 0 Å². The van der Waals surface area contributed by atoms with Crippen LogP contribution >= 0.6 is 22.6 Å². The summed E-state index contributed by atoms with van der Waals surface area (Å²) in [6.45, 7) is 2.47. The molecule has 1 heterocycles. The largest absolute Gasteiger partial charge is 0.488 e. The molecule has 1 aromatic heterocycles. The fraction of sp³-hybridized carbons (Fsp3) is 0.214. The van der Waals surface area contributed by atoms with Gasteiger partial charge in [0.25, 0.3) is 0 Å². The Kier molecular flexibility index (Phi) is 4.52. The van der Waals surface area contributed by atoms with Gasteiger partial charge < -0.3 is 4.74 Å². The zero-order valence-corrected chi connectivity index (χ0v) is 12.1. The number of aryl methyl sites for hydroxylation is 1.